The fraction of sp³-hybridized carbons (Fsp3) is 0.364. The molecule has 1 aromatic carbocycles. The van der Waals surface area contributed by atoms with Gasteiger partial charge in [-0.25, -0.2) is 8.42 Å². The summed E-state index contributed by atoms with van der Waals surface area (Å²) in [6.07, 6.45) is 5.97. The Morgan fingerprint density at radius 3 is 2.60 bits per heavy atom. The van der Waals surface area contributed by atoms with Gasteiger partial charge in [0, 0.05) is 16.4 Å². The van der Waals surface area contributed by atoms with E-state index in [1.807, 2.05) is 13.8 Å². The second kappa shape index (κ2) is 12.3. The Labute approximate surface area is 184 Å². The van der Waals surface area contributed by atoms with Crippen LogP contribution in [0.4, 0.5) is 0 Å². The van der Waals surface area contributed by atoms with Crippen molar-refractivity contribution in [2.75, 3.05) is 6.61 Å². The molecule has 0 radical (unpaired) electrons. The molecule has 0 saturated carbocycles. The molecule has 0 aliphatic heterocycles. The number of ether oxygens (including phenoxy) is 1. The van der Waals surface area contributed by atoms with Crippen molar-refractivity contribution in [1.29, 1.82) is 0 Å². The van der Waals surface area contributed by atoms with Crippen molar-refractivity contribution < 1.29 is 17.9 Å². The first-order valence-electron chi connectivity index (χ1n) is 9.65. The van der Waals surface area contributed by atoms with E-state index in [0.29, 0.717) is 41.4 Å². The van der Waals surface area contributed by atoms with E-state index in [9.17, 15) is 13.2 Å². The second-order valence-corrected chi connectivity index (χ2v) is 8.53. The molecular weight excluding hydrogens is 424 g/mol. The molecule has 1 aromatic rings. The zero-order valence-corrected chi connectivity index (χ0v) is 19.4. The van der Waals surface area contributed by atoms with Crippen LogP contribution in [0.5, 0.6) is 0 Å². The van der Waals surface area contributed by atoms with Gasteiger partial charge in [-0.05, 0) is 63.5 Å². The third-order valence-electron chi connectivity index (χ3n) is 4.07. The number of hydrogen-bond donors (Lipinski definition) is 1. The molecule has 0 aromatic heterocycles. The number of hydrogen-bond acceptors (Lipinski definition) is 5. The Hall–Kier alpha value is -2.38. The molecule has 0 bridgehead atoms. The van der Waals surface area contributed by atoms with Gasteiger partial charge in [-0.15, -0.1) is 0 Å². The first kappa shape index (κ1) is 25.7. The topological polar surface area (TPSA) is 84.8 Å². The van der Waals surface area contributed by atoms with Crippen molar-refractivity contribution in [2.45, 2.75) is 51.9 Å². The van der Waals surface area contributed by atoms with E-state index >= 15 is 0 Å². The van der Waals surface area contributed by atoms with Crippen molar-refractivity contribution in [3.05, 3.63) is 65.0 Å². The van der Waals surface area contributed by atoms with Crippen molar-refractivity contribution in [3.63, 3.8) is 0 Å². The van der Waals surface area contributed by atoms with Gasteiger partial charge >= 0.3 is 5.97 Å². The summed E-state index contributed by atoms with van der Waals surface area (Å²) < 4.78 is 33.2. The SMILES string of the molecule is C=C/C=C(\C=C(/CC)N=C(C)CCC(=O)OCC)NS(=O)(=O)c1cccc(Cl)c1C. The van der Waals surface area contributed by atoms with Crippen molar-refractivity contribution in [3.8, 4) is 0 Å². The lowest BCUT2D eigenvalue weighted by Crippen LogP contribution is -2.23. The quantitative estimate of drug-likeness (QED) is 0.287. The van der Waals surface area contributed by atoms with Crippen LogP contribution in [0.25, 0.3) is 0 Å². The Kier molecular flexibility index (Phi) is 10.6. The Bertz CT molecular complexity index is 963. The van der Waals surface area contributed by atoms with Gasteiger partial charge < -0.3 is 4.74 Å². The normalized spacial score (nSPS) is 13.2. The van der Waals surface area contributed by atoms with Crippen LogP contribution < -0.4 is 4.72 Å². The maximum atomic E-state index is 12.9. The lowest BCUT2D eigenvalue weighted by molar-refractivity contribution is -0.142. The summed E-state index contributed by atoms with van der Waals surface area (Å²) in [6.45, 7) is 11.1. The molecule has 0 fully saturated rings. The third kappa shape index (κ3) is 8.16. The number of carbonyl (C=O) groups excluding carboxylic acids is 1. The van der Waals surface area contributed by atoms with Gasteiger partial charge in [0.2, 0.25) is 0 Å². The van der Waals surface area contributed by atoms with Crippen LogP contribution in [0, 0.1) is 6.92 Å². The molecule has 6 nitrogen and oxygen atoms in total. The minimum absolute atomic E-state index is 0.102. The van der Waals surface area contributed by atoms with E-state index in [2.05, 4.69) is 16.3 Å². The second-order valence-electron chi connectivity index (χ2n) is 6.47. The first-order chi connectivity index (χ1) is 14.1. The lowest BCUT2D eigenvalue weighted by Gasteiger charge is -2.12. The van der Waals surface area contributed by atoms with Crippen molar-refractivity contribution in [1.82, 2.24) is 4.72 Å². The largest absolute Gasteiger partial charge is 0.466 e. The predicted molar refractivity (Wildman–Crippen MR) is 122 cm³/mol. The van der Waals surface area contributed by atoms with Crippen molar-refractivity contribution >= 4 is 33.3 Å². The zero-order chi connectivity index (χ0) is 22.7. The molecule has 164 valence electrons. The van der Waals surface area contributed by atoms with Gasteiger partial charge in [-0.1, -0.05) is 37.2 Å². The van der Waals surface area contributed by atoms with E-state index in [4.69, 9.17) is 16.3 Å². The lowest BCUT2D eigenvalue weighted by atomic mass is 10.2. The molecule has 0 saturated heterocycles. The minimum Gasteiger partial charge on any atom is -0.466 e. The van der Waals surface area contributed by atoms with Crippen LogP contribution >= 0.6 is 11.6 Å². The van der Waals surface area contributed by atoms with Crippen LogP contribution in [0.1, 0.15) is 45.6 Å². The number of benzene rings is 1. The number of esters is 1. The highest BCUT2D eigenvalue weighted by molar-refractivity contribution is 7.89. The van der Waals surface area contributed by atoms with Gasteiger partial charge in [0.1, 0.15) is 0 Å². The van der Waals surface area contributed by atoms with Crippen LogP contribution in [-0.4, -0.2) is 26.7 Å². The molecular formula is C22H29ClN2O4S. The number of halogens is 1. The minimum atomic E-state index is -3.85. The smallest absolute Gasteiger partial charge is 0.306 e. The third-order valence-corrected chi connectivity index (χ3v) is 6.01. The summed E-state index contributed by atoms with van der Waals surface area (Å²) in [5, 5.41) is 0.374. The molecule has 0 atom stereocenters. The Morgan fingerprint density at radius 1 is 1.30 bits per heavy atom. The molecule has 1 N–H and O–H groups in total. The molecule has 0 spiro atoms. The number of rotatable bonds is 11. The van der Waals surface area contributed by atoms with Crippen LogP contribution in [0.15, 0.2) is 64.3 Å². The Morgan fingerprint density at radius 2 is 2.00 bits per heavy atom. The molecule has 0 heterocycles. The van der Waals surface area contributed by atoms with Crippen LogP contribution in [-0.2, 0) is 19.6 Å². The molecule has 0 amide bonds. The molecule has 0 aliphatic carbocycles. The van der Waals surface area contributed by atoms with E-state index in [-0.39, 0.29) is 17.3 Å². The van der Waals surface area contributed by atoms with E-state index < -0.39 is 10.0 Å². The van der Waals surface area contributed by atoms with E-state index in [1.165, 1.54) is 12.1 Å². The number of nitrogens with zero attached hydrogens (tertiary/aromatic N) is 1. The standard InChI is InChI=1S/C22H29ClN2O4S/c1-6-10-19(25-30(27,28)21-12-9-11-20(23)17(21)5)15-18(7-2)24-16(4)13-14-22(26)29-8-3/h6,9-12,15,25H,1,7-8,13-14H2,2-5H3/b18-15+,19-10+,24-16?. The molecule has 0 aliphatic rings. The predicted octanol–water partition coefficient (Wildman–Crippen LogP) is 5.09. The monoisotopic (exact) mass is 452 g/mol. The fourth-order valence-corrected chi connectivity index (χ4v) is 4.09. The van der Waals surface area contributed by atoms with Crippen molar-refractivity contribution in [2.24, 2.45) is 4.99 Å². The highest BCUT2D eigenvalue weighted by Crippen LogP contribution is 2.23. The zero-order valence-electron chi connectivity index (χ0n) is 17.9. The summed E-state index contributed by atoms with van der Waals surface area (Å²) in [4.78, 5) is 16.1. The number of allylic oxidation sites excluding steroid dienone is 4. The molecule has 1 rings (SSSR count). The van der Waals surface area contributed by atoms with E-state index in [1.54, 1.807) is 38.1 Å². The van der Waals surface area contributed by atoms with E-state index in [0.717, 1.165) is 5.71 Å². The number of aliphatic imine (C=N–C) groups is 1. The first-order valence-corrected chi connectivity index (χ1v) is 11.5. The average molecular weight is 453 g/mol. The Balaban J connectivity index is 3.10. The van der Waals surface area contributed by atoms with Gasteiger partial charge in [0.15, 0.2) is 0 Å². The highest BCUT2D eigenvalue weighted by atomic mass is 35.5. The highest BCUT2D eigenvalue weighted by Gasteiger charge is 2.18. The van der Waals surface area contributed by atoms with Gasteiger partial charge in [0.05, 0.1) is 23.6 Å². The maximum Gasteiger partial charge on any atom is 0.306 e. The summed E-state index contributed by atoms with van der Waals surface area (Å²) in [5.74, 6) is -0.272. The summed E-state index contributed by atoms with van der Waals surface area (Å²) >= 11 is 6.07. The van der Waals surface area contributed by atoms with Gasteiger partial charge in [-0.2, -0.15) is 0 Å². The summed E-state index contributed by atoms with van der Waals surface area (Å²) in [5.41, 5.74) is 2.21. The van der Waals surface area contributed by atoms with Gasteiger partial charge in [0.25, 0.3) is 10.0 Å². The summed E-state index contributed by atoms with van der Waals surface area (Å²) in [6, 6.07) is 4.72. The number of nitrogens with one attached hydrogen (secondary N) is 1. The fourth-order valence-electron chi connectivity index (χ4n) is 2.54. The van der Waals surface area contributed by atoms with Gasteiger partial charge in [-0.3, -0.25) is 14.5 Å². The number of carbonyl (C=O) groups is 1. The summed E-state index contributed by atoms with van der Waals surface area (Å²) in [7, 11) is -3.85. The maximum absolute atomic E-state index is 12.9. The number of sulfonamides is 1. The molecule has 30 heavy (non-hydrogen) atoms. The van der Waals surface area contributed by atoms with Crippen LogP contribution in [0.3, 0.4) is 0 Å². The molecule has 8 heteroatoms. The molecule has 0 unspecified atom stereocenters. The van der Waals surface area contributed by atoms with Crippen LogP contribution in [0.2, 0.25) is 5.02 Å². The average Bonchev–Trinajstić information content (AvgIpc) is 2.68.